The minimum Gasteiger partial charge on any atom is -0.378 e. The summed E-state index contributed by atoms with van der Waals surface area (Å²) in [6.45, 7) is 7.89. The zero-order valence-electron chi connectivity index (χ0n) is 9.41. The summed E-state index contributed by atoms with van der Waals surface area (Å²) in [5.74, 6) is 0. The molecule has 1 atom stereocenters. The van der Waals surface area contributed by atoms with Crippen LogP contribution in [-0.2, 0) is 4.74 Å². The third-order valence-corrected chi connectivity index (χ3v) is 3.70. The number of piperidine rings is 1. The quantitative estimate of drug-likeness (QED) is 0.667. The van der Waals surface area contributed by atoms with Crippen LogP contribution in [0.5, 0.6) is 0 Å². The Balaban J connectivity index is 1.83. The van der Waals surface area contributed by atoms with E-state index in [0.717, 1.165) is 19.3 Å². The lowest BCUT2D eigenvalue weighted by atomic mass is 10.0. The van der Waals surface area contributed by atoms with E-state index in [1.165, 1.54) is 32.5 Å². The van der Waals surface area contributed by atoms with Gasteiger partial charge in [0.2, 0.25) is 0 Å². The molecule has 2 saturated heterocycles. The molecule has 82 valence electrons. The van der Waals surface area contributed by atoms with Crippen LogP contribution in [0.25, 0.3) is 0 Å². The van der Waals surface area contributed by atoms with Gasteiger partial charge in [0.05, 0.1) is 19.3 Å². The van der Waals surface area contributed by atoms with Gasteiger partial charge in [0.15, 0.2) is 0 Å². The minimum absolute atomic E-state index is 0.691. The number of likely N-dealkylation sites (N-methyl/N-ethyl adjacent to an activating group) is 2. The Labute approximate surface area is 87.0 Å². The number of likely N-dealkylation sites (tertiary alicyclic amines) is 1. The van der Waals surface area contributed by atoms with Crippen LogP contribution in [0.3, 0.4) is 0 Å². The second kappa shape index (κ2) is 4.60. The van der Waals surface area contributed by atoms with Crippen molar-refractivity contribution in [3.8, 4) is 0 Å². The fourth-order valence-electron chi connectivity index (χ4n) is 2.41. The number of rotatable bonds is 3. The van der Waals surface area contributed by atoms with Gasteiger partial charge >= 0.3 is 0 Å². The lowest BCUT2D eigenvalue weighted by Gasteiger charge is -2.43. The van der Waals surface area contributed by atoms with Gasteiger partial charge in [-0.25, -0.2) is 0 Å². The molecule has 2 rings (SSSR count). The van der Waals surface area contributed by atoms with Crippen molar-refractivity contribution in [2.75, 3.05) is 39.9 Å². The molecule has 3 nitrogen and oxygen atoms in total. The van der Waals surface area contributed by atoms with Crippen LogP contribution in [0.15, 0.2) is 0 Å². The zero-order valence-corrected chi connectivity index (χ0v) is 9.41. The zero-order chi connectivity index (χ0) is 9.97. The Kier molecular flexibility index (Phi) is 3.42. The fraction of sp³-hybridized carbons (Fsp3) is 1.00. The molecule has 0 aromatic rings. The largest absolute Gasteiger partial charge is 0.378 e. The molecule has 0 unspecified atom stereocenters. The Morgan fingerprint density at radius 2 is 2.14 bits per heavy atom. The summed E-state index contributed by atoms with van der Waals surface area (Å²) < 4.78 is 5.24. The van der Waals surface area contributed by atoms with Crippen LogP contribution in [0.2, 0.25) is 0 Å². The van der Waals surface area contributed by atoms with Crippen LogP contribution in [0.4, 0.5) is 0 Å². The van der Waals surface area contributed by atoms with Crippen LogP contribution < -0.4 is 0 Å². The summed E-state index contributed by atoms with van der Waals surface area (Å²) in [7, 11) is 2.26. The van der Waals surface area contributed by atoms with E-state index >= 15 is 0 Å². The molecule has 0 saturated carbocycles. The Hall–Kier alpha value is -0.120. The first-order valence-corrected chi connectivity index (χ1v) is 5.83. The molecule has 2 aliphatic rings. The second-order valence-electron chi connectivity index (χ2n) is 4.55. The highest BCUT2D eigenvalue weighted by Gasteiger charge is 2.30. The van der Waals surface area contributed by atoms with E-state index in [4.69, 9.17) is 4.74 Å². The van der Waals surface area contributed by atoms with Crippen LogP contribution in [-0.4, -0.2) is 61.8 Å². The predicted octanol–water partition coefficient (Wildman–Crippen LogP) is 0.801. The Morgan fingerprint density at radius 3 is 2.71 bits per heavy atom. The van der Waals surface area contributed by atoms with Crippen molar-refractivity contribution in [2.45, 2.75) is 31.8 Å². The van der Waals surface area contributed by atoms with Gasteiger partial charge in [-0.3, -0.25) is 4.90 Å². The van der Waals surface area contributed by atoms with E-state index in [1.54, 1.807) is 0 Å². The molecule has 0 N–H and O–H groups in total. The van der Waals surface area contributed by atoms with Gasteiger partial charge in [-0.05, 0) is 33.0 Å². The maximum atomic E-state index is 5.24. The summed E-state index contributed by atoms with van der Waals surface area (Å²) in [5, 5.41) is 0. The number of hydrogen-bond donors (Lipinski definition) is 0. The van der Waals surface area contributed by atoms with Crippen molar-refractivity contribution in [1.82, 2.24) is 9.80 Å². The van der Waals surface area contributed by atoms with Crippen molar-refractivity contribution in [1.29, 1.82) is 0 Å². The maximum Gasteiger partial charge on any atom is 0.0645 e. The molecule has 3 heteroatoms. The Bertz CT molecular complexity index is 182. The van der Waals surface area contributed by atoms with Crippen molar-refractivity contribution >= 4 is 0 Å². The Morgan fingerprint density at radius 1 is 1.36 bits per heavy atom. The van der Waals surface area contributed by atoms with Gasteiger partial charge < -0.3 is 9.64 Å². The van der Waals surface area contributed by atoms with E-state index in [2.05, 4.69) is 23.8 Å². The molecular weight excluding hydrogens is 176 g/mol. The lowest BCUT2D eigenvalue weighted by Crippen LogP contribution is -2.55. The van der Waals surface area contributed by atoms with E-state index in [9.17, 15) is 0 Å². The first kappa shape index (κ1) is 10.4. The van der Waals surface area contributed by atoms with Gasteiger partial charge in [-0.2, -0.15) is 0 Å². The molecule has 0 bridgehead atoms. The van der Waals surface area contributed by atoms with Crippen LogP contribution in [0, 0.1) is 0 Å². The molecule has 0 radical (unpaired) electrons. The molecule has 0 amide bonds. The fourth-order valence-corrected chi connectivity index (χ4v) is 2.41. The third kappa shape index (κ3) is 2.10. The maximum absolute atomic E-state index is 5.24. The van der Waals surface area contributed by atoms with Crippen molar-refractivity contribution in [3.05, 3.63) is 0 Å². The lowest BCUT2D eigenvalue weighted by molar-refractivity contribution is -0.0773. The molecule has 14 heavy (non-hydrogen) atoms. The molecule has 2 fully saturated rings. The second-order valence-corrected chi connectivity index (χ2v) is 4.55. The normalized spacial score (nSPS) is 30.6. The summed E-state index contributed by atoms with van der Waals surface area (Å²) >= 11 is 0. The highest BCUT2D eigenvalue weighted by Crippen LogP contribution is 2.19. The van der Waals surface area contributed by atoms with E-state index < -0.39 is 0 Å². The molecule has 0 aliphatic carbocycles. The summed E-state index contributed by atoms with van der Waals surface area (Å²) in [6, 6.07) is 1.45. The first-order valence-electron chi connectivity index (χ1n) is 5.83. The van der Waals surface area contributed by atoms with Crippen molar-refractivity contribution < 1.29 is 4.74 Å². The topological polar surface area (TPSA) is 15.7 Å². The molecule has 0 spiro atoms. The van der Waals surface area contributed by atoms with Gasteiger partial charge in [0.25, 0.3) is 0 Å². The van der Waals surface area contributed by atoms with Gasteiger partial charge in [-0.15, -0.1) is 0 Å². The highest BCUT2D eigenvalue weighted by molar-refractivity contribution is 4.85. The predicted molar refractivity (Wildman–Crippen MR) is 57.5 cm³/mol. The SMILES string of the molecule is CCN1CCC[C@@H](N(C)C2COC2)C1. The van der Waals surface area contributed by atoms with E-state index in [-0.39, 0.29) is 0 Å². The van der Waals surface area contributed by atoms with Crippen LogP contribution in [0.1, 0.15) is 19.8 Å². The molecule has 2 aliphatic heterocycles. The van der Waals surface area contributed by atoms with Crippen molar-refractivity contribution in [2.24, 2.45) is 0 Å². The average molecular weight is 198 g/mol. The monoisotopic (exact) mass is 198 g/mol. The number of nitrogens with zero attached hydrogens (tertiary/aromatic N) is 2. The number of ether oxygens (including phenoxy) is 1. The van der Waals surface area contributed by atoms with Gasteiger partial charge in [0, 0.05) is 12.6 Å². The van der Waals surface area contributed by atoms with E-state index in [0.29, 0.717) is 6.04 Å². The minimum atomic E-state index is 0.691. The summed E-state index contributed by atoms with van der Waals surface area (Å²) in [4.78, 5) is 5.09. The van der Waals surface area contributed by atoms with Crippen molar-refractivity contribution in [3.63, 3.8) is 0 Å². The molecule has 2 heterocycles. The van der Waals surface area contributed by atoms with Gasteiger partial charge in [0.1, 0.15) is 0 Å². The van der Waals surface area contributed by atoms with Gasteiger partial charge in [-0.1, -0.05) is 6.92 Å². The van der Waals surface area contributed by atoms with Crippen LogP contribution >= 0.6 is 0 Å². The standard InChI is InChI=1S/C11H22N2O/c1-3-13-6-4-5-10(7-13)12(2)11-8-14-9-11/h10-11H,3-9H2,1-2H3/t10-/m1/s1. The summed E-state index contributed by atoms with van der Waals surface area (Å²) in [6.07, 6.45) is 2.72. The third-order valence-electron chi connectivity index (χ3n) is 3.70. The first-order chi connectivity index (χ1) is 6.81. The molecule has 0 aromatic carbocycles. The highest BCUT2D eigenvalue weighted by atomic mass is 16.5. The molecular formula is C11H22N2O. The summed E-state index contributed by atoms with van der Waals surface area (Å²) in [5.41, 5.74) is 0. The number of hydrogen-bond acceptors (Lipinski definition) is 3. The molecule has 0 aromatic heterocycles. The van der Waals surface area contributed by atoms with E-state index in [1.807, 2.05) is 0 Å². The average Bonchev–Trinajstić information content (AvgIpc) is 2.15. The smallest absolute Gasteiger partial charge is 0.0645 e.